The molecule has 1 aromatic rings. The van der Waals surface area contributed by atoms with Crippen molar-refractivity contribution in [2.45, 2.75) is 0 Å². The Balaban J connectivity index is 3.23. The molecule has 0 aliphatic carbocycles. The van der Waals surface area contributed by atoms with Crippen molar-refractivity contribution in [1.82, 2.24) is 0 Å². The first-order valence-electron chi connectivity index (χ1n) is 2.75. The van der Waals surface area contributed by atoms with Crippen LogP contribution in [0.4, 0.5) is 0 Å². The van der Waals surface area contributed by atoms with Gasteiger partial charge in [0.2, 0.25) is 0 Å². The smallest absolute Gasteiger partial charge is 0.0994 e. The molecule has 0 N–H and O–H groups in total. The monoisotopic (exact) mass is 150 g/mol. The number of hydrogen-bond donors (Lipinski definition) is 0. The molecular weight excluding hydrogens is 146 g/mol. The van der Waals surface area contributed by atoms with Gasteiger partial charge in [0.05, 0.1) is 11.6 Å². The lowest BCUT2D eigenvalue weighted by Crippen LogP contribution is -1.79. The first-order valence-corrected chi connectivity index (χ1v) is 3.13. The van der Waals surface area contributed by atoms with Crippen molar-refractivity contribution in [2.24, 2.45) is 0 Å². The molecule has 0 heterocycles. The van der Waals surface area contributed by atoms with Gasteiger partial charge in [0.1, 0.15) is 0 Å². The third-order valence-corrected chi connectivity index (χ3v) is 1.42. The van der Waals surface area contributed by atoms with Crippen LogP contribution in [0.5, 0.6) is 0 Å². The molecule has 0 fully saturated rings. The van der Waals surface area contributed by atoms with E-state index in [0.717, 1.165) is 0 Å². The van der Waals surface area contributed by atoms with E-state index in [4.69, 9.17) is 16.9 Å². The van der Waals surface area contributed by atoms with Gasteiger partial charge >= 0.3 is 0 Å². The van der Waals surface area contributed by atoms with E-state index in [-0.39, 0.29) is 0 Å². The summed E-state index contributed by atoms with van der Waals surface area (Å²) in [6, 6.07) is 7.00. The summed E-state index contributed by atoms with van der Waals surface area (Å²) >= 11 is 5.62. The van der Waals surface area contributed by atoms with Crippen LogP contribution < -0.4 is 0 Å². The van der Waals surface area contributed by atoms with Gasteiger partial charge in [0, 0.05) is 5.02 Å². The van der Waals surface area contributed by atoms with E-state index in [1.807, 2.05) is 6.07 Å². The molecule has 0 aromatic heterocycles. The molecule has 0 atom stereocenters. The third kappa shape index (κ3) is 1.29. The standard InChI is InChI=1S/C8H5ClN/c1-6-4-8(9)3-2-7(6)5-10/h2-4H,1H2. The highest BCUT2D eigenvalue weighted by atomic mass is 35.5. The van der Waals surface area contributed by atoms with E-state index in [1.54, 1.807) is 18.2 Å². The van der Waals surface area contributed by atoms with Crippen LogP contribution in [0.2, 0.25) is 5.02 Å². The van der Waals surface area contributed by atoms with Crippen LogP contribution in [0.25, 0.3) is 0 Å². The van der Waals surface area contributed by atoms with E-state index in [0.29, 0.717) is 16.1 Å². The van der Waals surface area contributed by atoms with Gasteiger partial charge in [-0.1, -0.05) is 11.6 Å². The molecule has 1 aromatic carbocycles. The summed E-state index contributed by atoms with van der Waals surface area (Å²) in [5, 5.41) is 9.09. The third-order valence-electron chi connectivity index (χ3n) is 1.19. The molecule has 0 amide bonds. The lowest BCUT2D eigenvalue weighted by atomic mass is 10.1. The minimum absolute atomic E-state index is 0.574. The van der Waals surface area contributed by atoms with Gasteiger partial charge in [-0.2, -0.15) is 5.26 Å². The van der Waals surface area contributed by atoms with Crippen molar-refractivity contribution < 1.29 is 0 Å². The molecule has 0 saturated carbocycles. The molecular formula is C8H5ClN. The second-order valence-corrected chi connectivity index (χ2v) is 2.35. The van der Waals surface area contributed by atoms with Gasteiger partial charge in [-0.25, -0.2) is 0 Å². The fourth-order valence-corrected chi connectivity index (χ4v) is 0.866. The first-order chi connectivity index (χ1) is 4.74. The Hall–Kier alpha value is -1.00. The molecule has 1 radical (unpaired) electrons. The maximum atomic E-state index is 8.48. The van der Waals surface area contributed by atoms with Crippen molar-refractivity contribution in [3.05, 3.63) is 41.3 Å². The molecule has 1 nitrogen and oxygen atoms in total. The first kappa shape index (κ1) is 7.11. The number of hydrogen-bond acceptors (Lipinski definition) is 1. The van der Waals surface area contributed by atoms with Gasteiger partial charge in [0.15, 0.2) is 0 Å². The summed E-state index contributed by atoms with van der Waals surface area (Å²) in [5.74, 6) is 0. The molecule has 10 heavy (non-hydrogen) atoms. The van der Waals surface area contributed by atoms with Crippen LogP contribution in [0.15, 0.2) is 18.2 Å². The van der Waals surface area contributed by atoms with Gasteiger partial charge in [-0.05, 0) is 30.7 Å². The Morgan fingerprint density at radius 1 is 1.50 bits per heavy atom. The van der Waals surface area contributed by atoms with Crippen molar-refractivity contribution in [1.29, 1.82) is 5.26 Å². The Bertz CT molecular complexity index is 286. The molecule has 0 aliphatic heterocycles. The summed E-state index contributed by atoms with van der Waals surface area (Å²) in [5.41, 5.74) is 1.25. The van der Waals surface area contributed by atoms with Gasteiger partial charge in [0.25, 0.3) is 0 Å². The molecule has 49 valence electrons. The quantitative estimate of drug-likeness (QED) is 0.557. The van der Waals surface area contributed by atoms with Gasteiger partial charge in [-0.3, -0.25) is 0 Å². The number of rotatable bonds is 0. The van der Waals surface area contributed by atoms with Crippen LogP contribution in [-0.4, -0.2) is 0 Å². The summed E-state index contributed by atoms with van der Waals surface area (Å²) in [6.45, 7) is 3.65. The zero-order valence-electron chi connectivity index (χ0n) is 5.26. The molecule has 0 saturated heterocycles. The Morgan fingerprint density at radius 3 is 2.70 bits per heavy atom. The number of halogens is 1. The lowest BCUT2D eigenvalue weighted by Gasteiger charge is -1.94. The fraction of sp³-hybridized carbons (Fsp3) is 0. The normalized spacial score (nSPS) is 8.90. The maximum absolute atomic E-state index is 8.48. The zero-order chi connectivity index (χ0) is 7.56. The highest BCUT2D eigenvalue weighted by Gasteiger charge is 1.95. The minimum atomic E-state index is 0.574. The van der Waals surface area contributed by atoms with Crippen LogP contribution in [-0.2, 0) is 0 Å². The van der Waals surface area contributed by atoms with Gasteiger partial charge < -0.3 is 0 Å². The van der Waals surface area contributed by atoms with E-state index in [1.165, 1.54) is 0 Å². The Labute approximate surface area is 64.9 Å². The van der Waals surface area contributed by atoms with E-state index in [9.17, 15) is 0 Å². The second-order valence-electron chi connectivity index (χ2n) is 1.91. The van der Waals surface area contributed by atoms with E-state index < -0.39 is 0 Å². The summed E-state index contributed by atoms with van der Waals surface area (Å²) in [4.78, 5) is 0. The van der Waals surface area contributed by atoms with Crippen molar-refractivity contribution in [2.75, 3.05) is 0 Å². The second kappa shape index (κ2) is 2.72. The maximum Gasteiger partial charge on any atom is 0.0994 e. The molecule has 0 aliphatic rings. The molecule has 0 bridgehead atoms. The molecule has 0 unspecified atom stereocenters. The van der Waals surface area contributed by atoms with Crippen LogP contribution >= 0.6 is 11.6 Å². The SMILES string of the molecule is [CH2]c1cc(Cl)ccc1C#N. The van der Waals surface area contributed by atoms with Gasteiger partial charge in [-0.15, -0.1) is 0 Å². The lowest BCUT2D eigenvalue weighted by molar-refractivity contribution is 1.46. The average molecular weight is 151 g/mol. The average Bonchev–Trinajstić information content (AvgIpc) is 1.88. The van der Waals surface area contributed by atoms with Crippen LogP contribution in [0, 0.1) is 18.3 Å². The molecule has 1 rings (SSSR count). The number of benzene rings is 1. The molecule has 0 spiro atoms. The number of nitriles is 1. The van der Waals surface area contributed by atoms with Crippen LogP contribution in [0.1, 0.15) is 11.1 Å². The zero-order valence-corrected chi connectivity index (χ0v) is 6.02. The molecule has 2 heteroatoms. The number of nitrogens with zero attached hydrogens (tertiary/aromatic N) is 1. The van der Waals surface area contributed by atoms with E-state index >= 15 is 0 Å². The largest absolute Gasteiger partial charge is 0.192 e. The summed E-state index contributed by atoms with van der Waals surface area (Å²) in [7, 11) is 0. The predicted octanol–water partition coefficient (Wildman–Crippen LogP) is 2.39. The topological polar surface area (TPSA) is 23.8 Å². The van der Waals surface area contributed by atoms with E-state index in [2.05, 4.69) is 6.92 Å². The fourth-order valence-electron chi connectivity index (χ4n) is 0.671. The summed E-state index contributed by atoms with van der Waals surface area (Å²) in [6.07, 6.45) is 0. The Morgan fingerprint density at radius 2 is 2.20 bits per heavy atom. The Kier molecular flexibility index (Phi) is 1.94. The van der Waals surface area contributed by atoms with Crippen molar-refractivity contribution >= 4 is 11.6 Å². The highest BCUT2D eigenvalue weighted by molar-refractivity contribution is 6.30. The minimum Gasteiger partial charge on any atom is -0.192 e. The highest BCUT2D eigenvalue weighted by Crippen LogP contribution is 2.13. The van der Waals surface area contributed by atoms with Crippen molar-refractivity contribution in [3.63, 3.8) is 0 Å². The van der Waals surface area contributed by atoms with Crippen molar-refractivity contribution in [3.8, 4) is 6.07 Å². The summed E-state index contributed by atoms with van der Waals surface area (Å²) < 4.78 is 0. The predicted molar refractivity (Wildman–Crippen MR) is 40.6 cm³/mol. The van der Waals surface area contributed by atoms with Crippen LogP contribution in [0.3, 0.4) is 0 Å².